The Bertz CT molecular complexity index is 184. The molecule has 0 aliphatic carbocycles. The molecule has 0 bridgehead atoms. The molecule has 0 heterocycles. The molecule has 0 saturated heterocycles. The van der Waals surface area contributed by atoms with E-state index < -0.39 is 0 Å². The summed E-state index contributed by atoms with van der Waals surface area (Å²) in [6, 6.07) is 2.14. The van der Waals surface area contributed by atoms with E-state index >= 15 is 0 Å². The van der Waals surface area contributed by atoms with E-state index in [1.807, 2.05) is 0 Å². The summed E-state index contributed by atoms with van der Waals surface area (Å²) in [5, 5.41) is 8.56. The first-order valence-electron chi connectivity index (χ1n) is 6.00. The van der Waals surface area contributed by atoms with Crippen molar-refractivity contribution < 1.29 is 9.47 Å². The summed E-state index contributed by atoms with van der Waals surface area (Å²) in [7, 11) is 0. The Morgan fingerprint density at radius 2 is 1.41 bits per heavy atom. The van der Waals surface area contributed by atoms with Gasteiger partial charge in [0.25, 0.3) is 0 Å². The second kappa shape index (κ2) is 13.4. The van der Waals surface area contributed by atoms with Crippen LogP contribution in [0, 0.1) is 11.3 Å². The van der Waals surface area contributed by atoms with E-state index in [0.717, 1.165) is 19.6 Å². The summed E-state index contributed by atoms with van der Waals surface area (Å²) in [6.45, 7) is 5.86. The lowest BCUT2D eigenvalue weighted by molar-refractivity contribution is 0.0801. The third-order valence-corrected chi connectivity index (χ3v) is 2.17. The van der Waals surface area contributed by atoms with E-state index in [0.29, 0.717) is 45.9 Å². The van der Waals surface area contributed by atoms with Crippen LogP contribution in [0.2, 0.25) is 0 Å². The summed E-state index contributed by atoms with van der Waals surface area (Å²) in [6.07, 6.45) is 0.522. The molecular weight excluding hydrogens is 220 g/mol. The van der Waals surface area contributed by atoms with Crippen molar-refractivity contribution in [2.24, 2.45) is 11.5 Å². The van der Waals surface area contributed by atoms with Crippen molar-refractivity contribution in [1.29, 1.82) is 5.26 Å². The molecule has 0 aromatic rings. The second-order valence-electron chi connectivity index (χ2n) is 3.55. The second-order valence-corrected chi connectivity index (χ2v) is 3.55. The van der Waals surface area contributed by atoms with Crippen molar-refractivity contribution in [3.63, 3.8) is 0 Å². The van der Waals surface area contributed by atoms with Gasteiger partial charge in [-0.2, -0.15) is 5.26 Å². The van der Waals surface area contributed by atoms with E-state index in [1.165, 1.54) is 0 Å². The van der Waals surface area contributed by atoms with Gasteiger partial charge in [0.15, 0.2) is 0 Å². The topological polar surface area (TPSA) is 97.5 Å². The Kier molecular flexibility index (Phi) is 12.8. The third kappa shape index (κ3) is 11.6. The summed E-state index contributed by atoms with van der Waals surface area (Å²) in [5.74, 6) is 0. The van der Waals surface area contributed by atoms with Crippen LogP contribution < -0.4 is 11.5 Å². The lowest BCUT2D eigenvalue weighted by Crippen LogP contribution is -2.32. The highest BCUT2D eigenvalue weighted by Gasteiger charge is 2.04. The van der Waals surface area contributed by atoms with Crippen molar-refractivity contribution in [3.8, 4) is 6.07 Å². The molecular formula is C11H24N4O2. The number of hydrogen-bond donors (Lipinski definition) is 2. The fourth-order valence-corrected chi connectivity index (χ4v) is 1.30. The molecule has 0 aliphatic rings. The zero-order valence-electron chi connectivity index (χ0n) is 10.4. The molecule has 0 radical (unpaired) electrons. The van der Waals surface area contributed by atoms with Gasteiger partial charge in [0.1, 0.15) is 0 Å². The number of ether oxygens (including phenoxy) is 2. The zero-order chi connectivity index (χ0) is 12.8. The molecule has 0 spiro atoms. The fourth-order valence-electron chi connectivity index (χ4n) is 1.30. The quantitative estimate of drug-likeness (QED) is 0.434. The normalized spacial score (nSPS) is 10.7. The van der Waals surface area contributed by atoms with Gasteiger partial charge in [0, 0.05) is 39.1 Å². The molecule has 17 heavy (non-hydrogen) atoms. The molecule has 0 fully saturated rings. The minimum Gasteiger partial charge on any atom is -0.379 e. The highest BCUT2D eigenvalue weighted by Crippen LogP contribution is 1.92. The number of rotatable bonds is 12. The predicted molar refractivity (Wildman–Crippen MR) is 66.4 cm³/mol. The molecule has 0 aliphatic heterocycles. The van der Waals surface area contributed by atoms with Crippen LogP contribution in [0.3, 0.4) is 0 Å². The first-order valence-corrected chi connectivity index (χ1v) is 6.00. The van der Waals surface area contributed by atoms with Crippen LogP contribution in [-0.4, -0.2) is 64.1 Å². The van der Waals surface area contributed by atoms with Gasteiger partial charge in [-0.15, -0.1) is 0 Å². The summed E-state index contributed by atoms with van der Waals surface area (Å²) >= 11 is 0. The average molecular weight is 244 g/mol. The van der Waals surface area contributed by atoms with Gasteiger partial charge in [0.05, 0.1) is 32.5 Å². The zero-order valence-corrected chi connectivity index (χ0v) is 10.4. The minimum absolute atomic E-state index is 0.522. The number of nitriles is 1. The first-order chi connectivity index (χ1) is 8.35. The molecule has 100 valence electrons. The van der Waals surface area contributed by atoms with Crippen LogP contribution in [-0.2, 0) is 9.47 Å². The molecule has 0 rings (SSSR count). The number of nitrogens with zero attached hydrogens (tertiary/aromatic N) is 2. The molecule has 0 saturated carbocycles. The summed E-state index contributed by atoms with van der Waals surface area (Å²) < 4.78 is 10.6. The summed E-state index contributed by atoms with van der Waals surface area (Å²) in [4.78, 5) is 2.15. The van der Waals surface area contributed by atoms with Gasteiger partial charge < -0.3 is 20.9 Å². The maximum Gasteiger partial charge on any atom is 0.0635 e. The Labute approximate surface area is 103 Å². The van der Waals surface area contributed by atoms with Gasteiger partial charge in [-0.3, -0.25) is 4.90 Å². The minimum atomic E-state index is 0.522. The largest absolute Gasteiger partial charge is 0.379 e. The van der Waals surface area contributed by atoms with E-state index in [-0.39, 0.29) is 0 Å². The summed E-state index contributed by atoms with van der Waals surface area (Å²) in [5.41, 5.74) is 10.7. The van der Waals surface area contributed by atoms with Gasteiger partial charge in [-0.25, -0.2) is 0 Å². The van der Waals surface area contributed by atoms with Gasteiger partial charge in [-0.1, -0.05) is 0 Å². The van der Waals surface area contributed by atoms with Crippen LogP contribution in [0.1, 0.15) is 6.42 Å². The monoisotopic (exact) mass is 244 g/mol. The van der Waals surface area contributed by atoms with Crippen molar-refractivity contribution in [2.45, 2.75) is 6.42 Å². The Morgan fingerprint density at radius 1 is 0.882 bits per heavy atom. The standard InChI is InChI=1S/C11H24N4O2/c12-2-1-5-15(6-10-16-8-3-13)7-11-17-9-4-14/h1,3-11,13-14H2. The van der Waals surface area contributed by atoms with Crippen molar-refractivity contribution in [2.75, 3.05) is 59.2 Å². The van der Waals surface area contributed by atoms with Crippen molar-refractivity contribution >= 4 is 0 Å². The Hall–Kier alpha value is -0.710. The highest BCUT2D eigenvalue weighted by molar-refractivity contribution is 4.72. The average Bonchev–Trinajstić information content (AvgIpc) is 2.35. The van der Waals surface area contributed by atoms with Crippen LogP contribution in [0.5, 0.6) is 0 Å². The van der Waals surface area contributed by atoms with E-state index in [4.69, 9.17) is 26.2 Å². The Morgan fingerprint density at radius 3 is 1.82 bits per heavy atom. The molecule has 0 atom stereocenters. The third-order valence-electron chi connectivity index (χ3n) is 2.17. The predicted octanol–water partition coefficient (Wildman–Crippen LogP) is -0.847. The lowest BCUT2D eigenvalue weighted by atomic mass is 10.4. The van der Waals surface area contributed by atoms with Gasteiger partial charge >= 0.3 is 0 Å². The molecule has 6 heteroatoms. The smallest absolute Gasteiger partial charge is 0.0635 e. The van der Waals surface area contributed by atoms with Crippen LogP contribution in [0.25, 0.3) is 0 Å². The molecule has 0 aromatic heterocycles. The van der Waals surface area contributed by atoms with E-state index in [9.17, 15) is 0 Å². The molecule has 6 nitrogen and oxygen atoms in total. The first kappa shape index (κ1) is 16.3. The van der Waals surface area contributed by atoms with E-state index in [2.05, 4.69) is 11.0 Å². The maximum atomic E-state index is 8.56. The van der Waals surface area contributed by atoms with Crippen LogP contribution in [0.4, 0.5) is 0 Å². The maximum absolute atomic E-state index is 8.56. The van der Waals surface area contributed by atoms with Crippen molar-refractivity contribution in [1.82, 2.24) is 4.90 Å². The highest BCUT2D eigenvalue weighted by atomic mass is 16.5. The molecule has 0 amide bonds. The molecule has 4 N–H and O–H groups in total. The van der Waals surface area contributed by atoms with Crippen LogP contribution in [0.15, 0.2) is 0 Å². The van der Waals surface area contributed by atoms with Crippen LogP contribution >= 0.6 is 0 Å². The Balaban J connectivity index is 3.60. The molecule has 0 unspecified atom stereocenters. The number of nitrogens with two attached hydrogens (primary N) is 2. The molecule has 0 aromatic carbocycles. The van der Waals surface area contributed by atoms with Gasteiger partial charge in [-0.05, 0) is 0 Å². The van der Waals surface area contributed by atoms with Crippen molar-refractivity contribution in [3.05, 3.63) is 0 Å². The number of hydrogen-bond acceptors (Lipinski definition) is 6. The van der Waals surface area contributed by atoms with Gasteiger partial charge in [0.2, 0.25) is 0 Å². The van der Waals surface area contributed by atoms with E-state index in [1.54, 1.807) is 0 Å². The lowest BCUT2D eigenvalue weighted by Gasteiger charge is -2.20. The fraction of sp³-hybridized carbons (Fsp3) is 0.909. The SMILES string of the molecule is N#CCCN(CCOCCN)CCOCCN.